The van der Waals surface area contributed by atoms with Crippen molar-refractivity contribution in [3.63, 3.8) is 0 Å². The summed E-state index contributed by atoms with van der Waals surface area (Å²) in [4.78, 5) is 4.39. The molecule has 1 fully saturated rings. The first-order valence-electron chi connectivity index (χ1n) is 6.78. The number of aliphatic hydroxyl groups excluding tert-OH is 1. The molecule has 0 bridgehead atoms. The summed E-state index contributed by atoms with van der Waals surface area (Å²) in [5.41, 5.74) is 2.18. The van der Waals surface area contributed by atoms with Crippen LogP contribution >= 0.6 is 11.3 Å². The number of aromatic nitrogens is 2. The number of hydrogen-bond donors (Lipinski definition) is 1. The Hall–Kier alpha value is -1.20. The van der Waals surface area contributed by atoms with Gasteiger partial charge in [0.1, 0.15) is 0 Å². The fourth-order valence-corrected chi connectivity index (χ4v) is 3.55. The van der Waals surface area contributed by atoms with Crippen LogP contribution in [0.3, 0.4) is 0 Å². The van der Waals surface area contributed by atoms with Crippen LogP contribution in [0.15, 0.2) is 15.3 Å². The lowest BCUT2D eigenvalue weighted by atomic mass is 9.98. The van der Waals surface area contributed by atoms with Crippen LogP contribution in [-0.2, 0) is 6.42 Å². The Kier molecular flexibility index (Phi) is 3.66. The van der Waals surface area contributed by atoms with Gasteiger partial charge in [0.2, 0.25) is 11.7 Å². The predicted molar refractivity (Wildman–Crippen MR) is 74.0 cm³/mol. The highest BCUT2D eigenvalue weighted by atomic mass is 32.1. The molecule has 102 valence electrons. The van der Waals surface area contributed by atoms with E-state index in [4.69, 9.17) is 4.52 Å². The van der Waals surface area contributed by atoms with E-state index in [0.717, 1.165) is 24.0 Å². The Morgan fingerprint density at radius 1 is 1.42 bits per heavy atom. The Bertz CT molecular complexity index is 543. The zero-order valence-electron chi connectivity index (χ0n) is 11.0. The molecule has 3 rings (SSSR count). The standard InChI is InChI=1S/C14H18N2O2S/c1-9-7-19-8-11(9)14-15-13(18-16-14)6-12(17)10-4-2-3-5-10/h7-8,10,12,17H,2-6H2,1H3. The second-order valence-electron chi connectivity index (χ2n) is 5.30. The van der Waals surface area contributed by atoms with E-state index in [1.807, 2.05) is 12.3 Å². The van der Waals surface area contributed by atoms with E-state index in [1.165, 1.54) is 12.8 Å². The molecule has 19 heavy (non-hydrogen) atoms. The van der Waals surface area contributed by atoms with Crippen LogP contribution in [0.1, 0.15) is 37.1 Å². The summed E-state index contributed by atoms with van der Waals surface area (Å²) in [7, 11) is 0. The van der Waals surface area contributed by atoms with Gasteiger partial charge in [-0.05, 0) is 36.6 Å². The van der Waals surface area contributed by atoms with Gasteiger partial charge in [-0.25, -0.2) is 0 Å². The van der Waals surface area contributed by atoms with Crippen molar-refractivity contribution in [3.8, 4) is 11.4 Å². The maximum Gasteiger partial charge on any atom is 0.229 e. The normalized spacial score (nSPS) is 18.0. The molecule has 1 aliphatic rings. The first kappa shape index (κ1) is 12.8. The highest BCUT2D eigenvalue weighted by molar-refractivity contribution is 7.08. The molecule has 1 atom stereocenters. The van der Waals surface area contributed by atoms with Gasteiger partial charge in [0.15, 0.2) is 0 Å². The number of rotatable bonds is 4. The van der Waals surface area contributed by atoms with E-state index in [2.05, 4.69) is 15.5 Å². The topological polar surface area (TPSA) is 59.2 Å². The second-order valence-corrected chi connectivity index (χ2v) is 6.04. The molecular weight excluding hydrogens is 260 g/mol. The summed E-state index contributed by atoms with van der Waals surface area (Å²) in [5, 5.41) is 18.3. The molecule has 0 saturated heterocycles. The lowest BCUT2D eigenvalue weighted by molar-refractivity contribution is 0.102. The van der Waals surface area contributed by atoms with Crippen molar-refractivity contribution in [3.05, 3.63) is 22.2 Å². The number of aryl methyl sites for hydroxylation is 1. The molecule has 5 heteroatoms. The molecule has 0 amide bonds. The largest absolute Gasteiger partial charge is 0.392 e. The number of aliphatic hydroxyl groups is 1. The molecule has 1 aliphatic carbocycles. The molecule has 2 aromatic heterocycles. The fraction of sp³-hybridized carbons (Fsp3) is 0.571. The van der Waals surface area contributed by atoms with Crippen molar-refractivity contribution < 1.29 is 9.63 Å². The maximum absolute atomic E-state index is 10.2. The first-order valence-corrected chi connectivity index (χ1v) is 7.72. The minimum Gasteiger partial charge on any atom is -0.392 e. The van der Waals surface area contributed by atoms with E-state index < -0.39 is 0 Å². The summed E-state index contributed by atoms with van der Waals surface area (Å²) >= 11 is 1.63. The Balaban J connectivity index is 1.69. The number of thiophene rings is 1. The molecule has 2 aromatic rings. The van der Waals surface area contributed by atoms with Crippen LogP contribution < -0.4 is 0 Å². The third-order valence-electron chi connectivity index (χ3n) is 3.89. The van der Waals surface area contributed by atoms with Crippen LogP contribution in [0.5, 0.6) is 0 Å². The summed E-state index contributed by atoms with van der Waals surface area (Å²) in [6, 6.07) is 0. The molecule has 1 unspecified atom stereocenters. The average molecular weight is 278 g/mol. The number of nitrogens with zero attached hydrogens (tertiary/aromatic N) is 2. The molecule has 0 aromatic carbocycles. The van der Waals surface area contributed by atoms with Gasteiger partial charge in [0.25, 0.3) is 0 Å². The lowest BCUT2D eigenvalue weighted by Gasteiger charge is -2.14. The Morgan fingerprint density at radius 3 is 2.89 bits per heavy atom. The summed E-state index contributed by atoms with van der Waals surface area (Å²) in [6.45, 7) is 2.04. The third-order valence-corrected chi connectivity index (χ3v) is 4.75. The van der Waals surface area contributed by atoms with E-state index >= 15 is 0 Å². The van der Waals surface area contributed by atoms with Crippen LogP contribution in [-0.4, -0.2) is 21.4 Å². The van der Waals surface area contributed by atoms with Crippen molar-refractivity contribution in [2.24, 2.45) is 5.92 Å². The van der Waals surface area contributed by atoms with Gasteiger partial charge in [-0.2, -0.15) is 16.3 Å². The van der Waals surface area contributed by atoms with Crippen LogP contribution in [0.2, 0.25) is 0 Å². The molecule has 0 spiro atoms. The highest BCUT2D eigenvalue weighted by Crippen LogP contribution is 2.29. The Morgan fingerprint density at radius 2 is 2.21 bits per heavy atom. The van der Waals surface area contributed by atoms with E-state index in [-0.39, 0.29) is 6.10 Å². The molecule has 1 saturated carbocycles. The number of hydrogen-bond acceptors (Lipinski definition) is 5. The summed E-state index contributed by atoms with van der Waals surface area (Å²) in [5.74, 6) is 1.57. The van der Waals surface area contributed by atoms with Gasteiger partial charge in [-0.15, -0.1) is 0 Å². The SMILES string of the molecule is Cc1cscc1-c1noc(CC(O)C2CCCC2)n1. The van der Waals surface area contributed by atoms with Crippen molar-refractivity contribution in [2.45, 2.75) is 45.1 Å². The highest BCUT2D eigenvalue weighted by Gasteiger charge is 2.25. The van der Waals surface area contributed by atoms with Gasteiger partial charge in [-0.3, -0.25) is 0 Å². The Labute approximate surface area is 116 Å². The van der Waals surface area contributed by atoms with E-state index in [0.29, 0.717) is 24.1 Å². The average Bonchev–Trinajstić information content (AvgIpc) is 3.08. The zero-order valence-corrected chi connectivity index (χ0v) is 11.8. The first-order chi connectivity index (χ1) is 9.24. The summed E-state index contributed by atoms with van der Waals surface area (Å²) < 4.78 is 5.26. The monoisotopic (exact) mass is 278 g/mol. The second kappa shape index (κ2) is 5.43. The van der Waals surface area contributed by atoms with Gasteiger partial charge in [0.05, 0.1) is 12.5 Å². The van der Waals surface area contributed by atoms with E-state index in [1.54, 1.807) is 11.3 Å². The van der Waals surface area contributed by atoms with Crippen molar-refractivity contribution in [1.29, 1.82) is 0 Å². The van der Waals surface area contributed by atoms with Gasteiger partial charge >= 0.3 is 0 Å². The van der Waals surface area contributed by atoms with Crippen LogP contribution in [0.4, 0.5) is 0 Å². The quantitative estimate of drug-likeness (QED) is 0.933. The van der Waals surface area contributed by atoms with Gasteiger partial charge in [0, 0.05) is 10.9 Å². The van der Waals surface area contributed by atoms with Crippen molar-refractivity contribution in [1.82, 2.24) is 10.1 Å². The molecule has 1 N–H and O–H groups in total. The molecule has 0 aliphatic heterocycles. The summed E-state index contributed by atoms with van der Waals surface area (Å²) in [6.07, 6.45) is 4.81. The van der Waals surface area contributed by atoms with Crippen LogP contribution in [0, 0.1) is 12.8 Å². The minimum atomic E-state index is -0.348. The minimum absolute atomic E-state index is 0.348. The van der Waals surface area contributed by atoms with E-state index in [9.17, 15) is 5.11 Å². The molecule has 0 radical (unpaired) electrons. The smallest absolute Gasteiger partial charge is 0.229 e. The lowest BCUT2D eigenvalue weighted by Crippen LogP contribution is -2.20. The van der Waals surface area contributed by atoms with Gasteiger partial charge in [-0.1, -0.05) is 18.0 Å². The maximum atomic E-state index is 10.2. The van der Waals surface area contributed by atoms with Crippen molar-refractivity contribution in [2.75, 3.05) is 0 Å². The zero-order chi connectivity index (χ0) is 13.2. The third kappa shape index (κ3) is 2.72. The fourth-order valence-electron chi connectivity index (χ4n) is 2.72. The van der Waals surface area contributed by atoms with Crippen LogP contribution in [0.25, 0.3) is 11.4 Å². The van der Waals surface area contributed by atoms with Crippen molar-refractivity contribution >= 4 is 11.3 Å². The molecule has 2 heterocycles. The molecular formula is C14H18N2O2S. The molecule has 4 nitrogen and oxygen atoms in total. The van der Waals surface area contributed by atoms with Gasteiger partial charge < -0.3 is 9.63 Å². The predicted octanol–water partition coefficient (Wildman–Crippen LogP) is 3.20.